The Morgan fingerprint density at radius 3 is 2.76 bits per heavy atom. The number of carbonyl (C=O) groups excluding carboxylic acids is 2. The number of amides is 2. The quantitative estimate of drug-likeness (QED) is 0.617. The Balaban J connectivity index is 1.55. The average Bonchev–Trinajstić information content (AvgIpc) is 3.45. The predicted octanol–water partition coefficient (Wildman–Crippen LogP) is 2.32. The Kier molecular flexibility index (Phi) is 6.49. The van der Waals surface area contributed by atoms with Crippen LogP contribution < -0.4 is 10.2 Å². The molecule has 176 valence electrons. The van der Waals surface area contributed by atoms with Crippen molar-refractivity contribution in [3.63, 3.8) is 0 Å². The fourth-order valence-corrected chi connectivity index (χ4v) is 4.55. The van der Waals surface area contributed by atoms with Crippen molar-refractivity contribution < 1.29 is 22.8 Å². The van der Waals surface area contributed by atoms with Gasteiger partial charge in [-0.2, -0.15) is 18.3 Å². The molecule has 1 atom stereocenters. The Labute approximate surface area is 191 Å². The van der Waals surface area contributed by atoms with Gasteiger partial charge in [-0.3, -0.25) is 9.59 Å². The van der Waals surface area contributed by atoms with E-state index in [1.54, 1.807) is 11.8 Å². The molecule has 1 saturated heterocycles. The molecule has 4 rings (SSSR count). The van der Waals surface area contributed by atoms with Crippen molar-refractivity contribution in [3.8, 4) is 0 Å². The van der Waals surface area contributed by atoms with Gasteiger partial charge in [0.2, 0.25) is 11.8 Å². The molecule has 9 nitrogen and oxygen atoms in total. The summed E-state index contributed by atoms with van der Waals surface area (Å²) in [5.41, 5.74) is -0.488. The molecule has 0 spiro atoms. The second-order valence-electron chi connectivity index (χ2n) is 7.64. The van der Waals surface area contributed by atoms with Gasteiger partial charge in [0.25, 0.3) is 0 Å². The smallest absolute Gasteiger partial charge is 0.354 e. The van der Waals surface area contributed by atoms with Gasteiger partial charge in [0.05, 0.1) is 15.8 Å². The van der Waals surface area contributed by atoms with Crippen molar-refractivity contribution in [1.29, 1.82) is 0 Å². The lowest BCUT2D eigenvalue weighted by atomic mass is 10.2. The summed E-state index contributed by atoms with van der Waals surface area (Å²) in [6.07, 6.45) is -1.46. The molecule has 0 saturated carbocycles. The molecule has 3 aromatic rings. The summed E-state index contributed by atoms with van der Waals surface area (Å²) in [5, 5.41) is 7.36. The molecule has 1 N–H and O–H groups in total. The third-order valence-electron chi connectivity index (χ3n) is 5.43. The summed E-state index contributed by atoms with van der Waals surface area (Å²) < 4.78 is 41.3. The molecular formula is C20H22F3N7O2S. The fourth-order valence-electron chi connectivity index (χ4n) is 3.55. The van der Waals surface area contributed by atoms with E-state index in [1.165, 1.54) is 34.7 Å². The summed E-state index contributed by atoms with van der Waals surface area (Å²) in [6.45, 7) is 3.47. The second kappa shape index (κ2) is 9.33. The van der Waals surface area contributed by atoms with Gasteiger partial charge in [-0.25, -0.2) is 14.6 Å². The molecule has 1 aliphatic heterocycles. The highest BCUT2D eigenvalue weighted by Crippen LogP contribution is 2.35. The Morgan fingerprint density at radius 1 is 1.21 bits per heavy atom. The Bertz CT molecular complexity index is 1130. The average molecular weight is 482 g/mol. The normalized spacial score (nSPS) is 17.2. The van der Waals surface area contributed by atoms with E-state index in [2.05, 4.69) is 20.4 Å². The number of benzene rings is 1. The Morgan fingerprint density at radius 2 is 2.03 bits per heavy atom. The number of alkyl halides is 3. The zero-order chi connectivity index (χ0) is 23.6. The topological polar surface area (TPSA) is 96.2 Å². The van der Waals surface area contributed by atoms with E-state index in [-0.39, 0.29) is 30.3 Å². The Hall–Kier alpha value is -3.22. The molecule has 13 heteroatoms. The third kappa shape index (κ3) is 5.24. The van der Waals surface area contributed by atoms with Crippen LogP contribution in [0.1, 0.15) is 24.9 Å². The largest absolute Gasteiger partial charge is 0.416 e. The number of halogens is 3. The van der Waals surface area contributed by atoms with Crippen LogP contribution in [0.2, 0.25) is 0 Å². The van der Waals surface area contributed by atoms with Crippen molar-refractivity contribution >= 4 is 38.5 Å². The number of nitrogens with zero attached hydrogens (tertiary/aromatic N) is 6. The van der Waals surface area contributed by atoms with E-state index in [4.69, 9.17) is 0 Å². The summed E-state index contributed by atoms with van der Waals surface area (Å²) in [6, 6.07) is 2.90. The first-order valence-electron chi connectivity index (χ1n) is 10.3. The molecule has 1 fully saturated rings. The van der Waals surface area contributed by atoms with Crippen molar-refractivity contribution in [2.45, 2.75) is 25.6 Å². The zero-order valence-corrected chi connectivity index (χ0v) is 18.6. The van der Waals surface area contributed by atoms with E-state index in [1.807, 2.05) is 4.90 Å². The zero-order valence-electron chi connectivity index (χ0n) is 17.7. The number of aromatic nitrogens is 4. The van der Waals surface area contributed by atoms with Crippen LogP contribution in [0.5, 0.6) is 0 Å². The fraction of sp³-hybridized carbons (Fsp3) is 0.450. The van der Waals surface area contributed by atoms with Crippen LogP contribution in [0, 0.1) is 0 Å². The van der Waals surface area contributed by atoms with Crippen molar-refractivity contribution in [2.75, 3.05) is 37.6 Å². The standard InChI is InChI=1S/C20H22F3N7O2S/c1-13(30-12-24-11-26-30)18(32)28-6-4-17(31)25-5-7-29(9-8-28)19-27-15-10-14(20(21,22)23)2-3-16(15)33-19/h2-3,10-13H,4-9H2,1H3,(H,25,31). The van der Waals surface area contributed by atoms with Crippen LogP contribution in [-0.4, -0.2) is 69.2 Å². The maximum Gasteiger partial charge on any atom is 0.416 e. The number of carbonyl (C=O) groups is 2. The minimum atomic E-state index is -4.44. The van der Waals surface area contributed by atoms with Gasteiger partial charge < -0.3 is 15.1 Å². The van der Waals surface area contributed by atoms with E-state index in [0.29, 0.717) is 36.0 Å². The molecule has 1 aliphatic rings. The van der Waals surface area contributed by atoms with Crippen LogP contribution in [0.15, 0.2) is 30.9 Å². The maximum atomic E-state index is 13.1. The van der Waals surface area contributed by atoms with Gasteiger partial charge in [0.15, 0.2) is 5.13 Å². The molecule has 3 heterocycles. The number of rotatable bonds is 3. The van der Waals surface area contributed by atoms with Crippen molar-refractivity contribution in [1.82, 2.24) is 30.0 Å². The van der Waals surface area contributed by atoms with Crippen molar-refractivity contribution in [2.24, 2.45) is 0 Å². The highest BCUT2D eigenvalue weighted by molar-refractivity contribution is 7.22. The first-order valence-corrected chi connectivity index (χ1v) is 11.2. The lowest BCUT2D eigenvalue weighted by Gasteiger charge is -2.30. The molecule has 0 bridgehead atoms. The van der Waals surface area contributed by atoms with Crippen LogP contribution in [0.4, 0.5) is 18.3 Å². The maximum absolute atomic E-state index is 13.1. The van der Waals surface area contributed by atoms with Gasteiger partial charge in [-0.05, 0) is 25.1 Å². The number of thiazole rings is 1. The van der Waals surface area contributed by atoms with Crippen LogP contribution in [0.3, 0.4) is 0 Å². The van der Waals surface area contributed by atoms with Crippen LogP contribution >= 0.6 is 11.3 Å². The monoisotopic (exact) mass is 481 g/mol. The molecule has 0 radical (unpaired) electrons. The highest BCUT2D eigenvalue weighted by atomic mass is 32.1. The van der Waals surface area contributed by atoms with Gasteiger partial charge in [-0.1, -0.05) is 11.3 Å². The van der Waals surface area contributed by atoms with E-state index in [0.717, 1.165) is 12.1 Å². The van der Waals surface area contributed by atoms with Gasteiger partial charge in [0, 0.05) is 39.1 Å². The first-order chi connectivity index (χ1) is 15.7. The summed E-state index contributed by atoms with van der Waals surface area (Å²) in [5.74, 6) is -0.380. The van der Waals surface area contributed by atoms with Crippen LogP contribution in [-0.2, 0) is 15.8 Å². The summed E-state index contributed by atoms with van der Waals surface area (Å²) in [4.78, 5) is 37.0. The van der Waals surface area contributed by atoms with E-state index >= 15 is 0 Å². The SMILES string of the molecule is CC(C(=O)N1CCC(=O)NCCN(c2nc3cc(C(F)(F)F)ccc3s2)CC1)n1cncn1. The summed E-state index contributed by atoms with van der Waals surface area (Å²) >= 11 is 1.27. The van der Waals surface area contributed by atoms with Gasteiger partial charge in [-0.15, -0.1) is 0 Å². The van der Waals surface area contributed by atoms with Gasteiger partial charge >= 0.3 is 6.18 Å². The highest BCUT2D eigenvalue weighted by Gasteiger charge is 2.31. The van der Waals surface area contributed by atoms with E-state index in [9.17, 15) is 22.8 Å². The molecule has 0 aliphatic carbocycles. The van der Waals surface area contributed by atoms with Crippen molar-refractivity contribution in [3.05, 3.63) is 36.4 Å². The lowest BCUT2D eigenvalue weighted by Crippen LogP contribution is -2.46. The second-order valence-corrected chi connectivity index (χ2v) is 8.65. The van der Waals surface area contributed by atoms with Crippen LogP contribution in [0.25, 0.3) is 10.2 Å². The van der Waals surface area contributed by atoms with E-state index < -0.39 is 17.8 Å². The molecule has 1 unspecified atom stereocenters. The minimum absolute atomic E-state index is 0.178. The lowest BCUT2D eigenvalue weighted by molar-refractivity contribution is -0.137. The third-order valence-corrected chi connectivity index (χ3v) is 6.53. The number of hydrogen-bond donors (Lipinski definition) is 1. The molecule has 2 aromatic heterocycles. The number of fused-ring (bicyclic) bond motifs is 1. The molecular weight excluding hydrogens is 459 g/mol. The predicted molar refractivity (Wildman–Crippen MR) is 116 cm³/mol. The number of anilines is 1. The molecule has 1 aromatic carbocycles. The minimum Gasteiger partial charge on any atom is -0.354 e. The number of hydrogen-bond acceptors (Lipinski definition) is 7. The number of nitrogens with one attached hydrogen (secondary N) is 1. The molecule has 2 amide bonds. The van der Waals surface area contributed by atoms with Gasteiger partial charge in [0.1, 0.15) is 18.7 Å². The molecule has 33 heavy (non-hydrogen) atoms. The summed E-state index contributed by atoms with van der Waals surface area (Å²) in [7, 11) is 0. The first kappa shape index (κ1) is 23.0.